The molecule has 116 heavy (non-hydrogen) atoms. The normalized spacial score (nSPS) is 21.1. The lowest BCUT2D eigenvalue weighted by atomic mass is 9.95. The Labute approximate surface area is 662 Å². The molecule has 0 bridgehead atoms. The minimum Gasteiger partial charge on any atom is -0.337 e. The van der Waals surface area contributed by atoms with Crippen molar-refractivity contribution in [2.24, 2.45) is 11.8 Å². The molecule has 8 aromatic rings. The molecule has 16 rings (SSSR count). The minimum atomic E-state index is -0.890. The molecule has 0 fully saturated rings. The van der Waals surface area contributed by atoms with Crippen LogP contribution >= 0.6 is 0 Å². The maximum atomic E-state index is 14.0. The van der Waals surface area contributed by atoms with E-state index in [0.29, 0.717) is 34.1 Å². The fourth-order valence-corrected chi connectivity index (χ4v) is 16.3. The monoisotopic (exact) mass is 1610 g/mol. The Morgan fingerprint density at radius 3 is 0.853 bits per heavy atom. The highest BCUT2D eigenvalue weighted by Crippen LogP contribution is 2.36. The maximum Gasteiger partial charge on any atom is 0.291 e. The third kappa shape index (κ3) is 18.6. The van der Waals surface area contributed by atoms with Crippen molar-refractivity contribution in [2.45, 2.75) is 244 Å². The minimum absolute atomic E-state index is 0.0272. The summed E-state index contributed by atoms with van der Waals surface area (Å²) in [5, 5.41) is 37.9. The van der Waals surface area contributed by atoms with E-state index < -0.39 is 118 Å². The summed E-state index contributed by atoms with van der Waals surface area (Å²) >= 11 is 0. The molecule has 0 saturated heterocycles. The topological polar surface area (TPSA) is 356 Å². The van der Waals surface area contributed by atoms with E-state index in [4.69, 9.17) is 0 Å². The van der Waals surface area contributed by atoms with Crippen LogP contribution in [0.5, 0.6) is 0 Å². The fourth-order valence-electron chi connectivity index (χ4n) is 16.3. The van der Waals surface area contributed by atoms with Crippen molar-refractivity contribution in [2.75, 3.05) is 21.3 Å². The van der Waals surface area contributed by atoms with Crippen LogP contribution in [0.2, 0.25) is 0 Å². The van der Waals surface area contributed by atoms with Crippen LogP contribution in [0.15, 0.2) is 48.5 Å². The summed E-state index contributed by atoms with van der Waals surface area (Å²) in [6.07, 6.45) is 16.9. The average Bonchev–Trinajstić information content (AvgIpc) is 1.66. The molecule has 36 heteroatoms. The van der Waals surface area contributed by atoms with E-state index in [1.54, 1.807) is 0 Å². The summed E-state index contributed by atoms with van der Waals surface area (Å²) < 4.78 is 117. The first kappa shape index (κ1) is 82.6. The number of benzene rings is 4. The molecule has 8 atom stereocenters. The average molecular weight is 1610 g/mol. The van der Waals surface area contributed by atoms with E-state index in [1.165, 1.54) is 24.3 Å². The number of rotatable bonds is 14. The molecule has 0 aliphatic carbocycles. The summed E-state index contributed by atoms with van der Waals surface area (Å²) in [4.78, 5) is 118. The smallest absolute Gasteiger partial charge is 0.291 e. The third-order valence-electron chi connectivity index (χ3n) is 22.2. The highest BCUT2D eigenvalue weighted by Gasteiger charge is 2.38. The van der Waals surface area contributed by atoms with Crippen LogP contribution < -0.4 is 42.5 Å². The first-order chi connectivity index (χ1) is 55.6. The van der Waals surface area contributed by atoms with Crippen LogP contribution in [-0.2, 0) is 70.5 Å². The molecule has 0 saturated carbocycles. The number of aromatic nitrogens is 12. The highest BCUT2D eigenvalue weighted by atomic mass is 19.2. The number of amides is 8. The second-order valence-electron chi connectivity index (χ2n) is 31.2. The lowest BCUT2D eigenvalue weighted by molar-refractivity contribution is -0.118. The van der Waals surface area contributed by atoms with Crippen molar-refractivity contribution in [3.63, 3.8) is 0 Å². The summed E-state index contributed by atoms with van der Waals surface area (Å²) in [6, 6.07) is 5.01. The van der Waals surface area contributed by atoms with Gasteiger partial charge in [0.15, 0.2) is 0 Å². The lowest BCUT2D eigenvalue weighted by Gasteiger charge is -2.26. The van der Waals surface area contributed by atoms with Crippen LogP contribution in [0, 0.1) is 58.4 Å². The first-order valence-corrected chi connectivity index (χ1v) is 39.8. The number of hydrogen-bond donors (Lipinski definition) is 8. The number of anilines is 4. The fraction of sp³-hybridized carbons (Fsp3) is 0.500. The third-order valence-corrected chi connectivity index (χ3v) is 22.2. The molecule has 28 nitrogen and oxygen atoms in total. The Morgan fingerprint density at radius 2 is 0.603 bits per heavy atom. The SMILES string of the molecule is CC(C)[C@@H]1CCCc2nc(C(=O)N[C@H]3CCc4cc(F)cc(F)c4NC3=O)nn21.CC(C)[C@H]1CCCc2nc(C(=O)N[C@H]3CCc4cc(F)cc(F)c4NC3=O)nn21.CCC[C@@H]1CCCc2nc(C(=O)N[C@H]3CCc4cc(F)cc(F)c4NC3=O)nn21.CCC[C@H]1CCCc2nc(C(=O)N[C@H]3CCc4cc(F)cc(F)c4NC3=O)nn21. The van der Waals surface area contributed by atoms with Crippen molar-refractivity contribution >= 4 is 70.0 Å². The molecule has 0 radical (unpaired) electrons. The van der Waals surface area contributed by atoms with E-state index in [2.05, 4.69) is 124 Å². The summed E-state index contributed by atoms with van der Waals surface area (Å²) in [5.74, 6) is -6.51. The number of carbonyl (C=O) groups is 8. The van der Waals surface area contributed by atoms with Gasteiger partial charge in [-0.05, 0) is 174 Å². The van der Waals surface area contributed by atoms with E-state index in [0.717, 1.165) is 150 Å². The zero-order valence-corrected chi connectivity index (χ0v) is 65.0. The largest absolute Gasteiger partial charge is 0.337 e. The maximum absolute atomic E-state index is 14.0. The van der Waals surface area contributed by atoms with Crippen LogP contribution in [-0.4, -0.2) is 130 Å². The Balaban J connectivity index is 0.000000135. The number of nitrogens with one attached hydrogen (secondary N) is 8. The number of halogens is 8. The molecule has 8 aliphatic heterocycles. The van der Waals surface area contributed by atoms with Gasteiger partial charge in [-0.25, -0.2) is 73.8 Å². The zero-order valence-electron chi connectivity index (χ0n) is 65.0. The summed E-state index contributed by atoms with van der Waals surface area (Å²) in [7, 11) is 0. The Bertz CT molecular complexity index is 4790. The predicted molar refractivity (Wildman–Crippen MR) is 406 cm³/mol. The number of fused-ring (bicyclic) bond motifs is 8. The van der Waals surface area contributed by atoms with Crippen molar-refractivity contribution in [1.82, 2.24) is 80.3 Å². The van der Waals surface area contributed by atoms with Crippen molar-refractivity contribution < 1.29 is 73.5 Å². The Morgan fingerprint density at radius 1 is 0.362 bits per heavy atom. The van der Waals surface area contributed by atoms with Gasteiger partial charge in [0, 0.05) is 49.9 Å². The second kappa shape index (κ2) is 35.8. The van der Waals surface area contributed by atoms with Crippen LogP contribution in [0.4, 0.5) is 57.9 Å². The number of hydrogen-bond acceptors (Lipinski definition) is 16. The van der Waals surface area contributed by atoms with E-state index in [9.17, 15) is 73.5 Å². The van der Waals surface area contributed by atoms with E-state index >= 15 is 0 Å². The van der Waals surface area contributed by atoms with Gasteiger partial charge in [-0.15, -0.1) is 20.4 Å². The molecule has 12 heterocycles. The van der Waals surface area contributed by atoms with Gasteiger partial charge in [0.1, 0.15) is 94.0 Å². The van der Waals surface area contributed by atoms with Gasteiger partial charge in [0.05, 0.1) is 46.9 Å². The Hall–Kier alpha value is -11.4. The molecular weight excluding hydrogens is 1520 g/mol. The lowest BCUT2D eigenvalue weighted by Crippen LogP contribution is -2.43. The number of carbonyl (C=O) groups excluding carboxylic acids is 8. The molecule has 4 aromatic heterocycles. The van der Waals surface area contributed by atoms with Gasteiger partial charge in [0.2, 0.25) is 46.9 Å². The van der Waals surface area contributed by atoms with Crippen LogP contribution in [0.25, 0.3) is 0 Å². The van der Waals surface area contributed by atoms with Gasteiger partial charge >= 0.3 is 0 Å². The van der Waals surface area contributed by atoms with Crippen molar-refractivity contribution in [3.8, 4) is 0 Å². The zero-order chi connectivity index (χ0) is 82.5. The molecule has 616 valence electrons. The molecule has 0 spiro atoms. The quantitative estimate of drug-likeness (QED) is 0.0469. The van der Waals surface area contributed by atoms with E-state index in [-0.39, 0.29) is 122 Å². The Kier molecular flexibility index (Phi) is 25.5. The number of aryl methyl sites for hydroxylation is 8. The van der Waals surface area contributed by atoms with Crippen LogP contribution in [0.3, 0.4) is 0 Å². The summed E-state index contributed by atoms with van der Waals surface area (Å²) in [6.45, 7) is 12.6. The van der Waals surface area contributed by atoms with Gasteiger partial charge in [0.25, 0.3) is 23.6 Å². The second-order valence-corrected chi connectivity index (χ2v) is 31.2. The first-order valence-electron chi connectivity index (χ1n) is 39.8. The van der Waals surface area contributed by atoms with Crippen LogP contribution in [0.1, 0.15) is 256 Å². The molecular formula is C80H92F8N20O8. The number of nitrogens with zero attached hydrogens (tertiary/aromatic N) is 12. The summed E-state index contributed by atoms with van der Waals surface area (Å²) in [5.41, 5.74) is 1.31. The van der Waals surface area contributed by atoms with Gasteiger partial charge < -0.3 is 42.5 Å². The molecule has 8 amide bonds. The van der Waals surface area contributed by atoms with Gasteiger partial charge in [-0.1, -0.05) is 54.4 Å². The molecule has 4 aromatic carbocycles. The van der Waals surface area contributed by atoms with Crippen molar-refractivity contribution in [3.05, 3.63) is 164 Å². The molecule has 0 unspecified atom stereocenters. The van der Waals surface area contributed by atoms with Crippen molar-refractivity contribution in [1.29, 1.82) is 0 Å². The predicted octanol–water partition coefficient (Wildman–Crippen LogP) is 11.4. The standard InChI is InChI=1S/4C20H23F2N5O2/c2*1-10(2)15-4-3-5-16-24-18(26-27(15)16)20(29)23-14-7-6-11-8-12(21)9-13(22)17(11)25-19(14)28;2*1-2-4-13-5-3-6-16-24-18(26-27(13)16)20(29)23-15-8-7-11-9-12(21)10-14(22)17(11)25-19(15)28/h2*8-10,14-15H,3-7H2,1-2H3,(H,23,29)(H,25,28);2*9-10,13,15H,2-8H2,1H3,(H,23,29)(H,25,28)/t14-,15+;14-,15-;13-,15+;13-,15-/m0010/s1. The van der Waals surface area contributed by atoms with Gasteiger partial charge in [-0.3, -0.25) is 38.4 Å². The van der Waals surface area contributed by atoms with E-state index in [1.807, 2.05) is 18.7 Å². The molecule has 8 aliphatic rings. The van der Waals surface area contributed by atoms with Gasteiger partial charge in [-0.2, -0.15) is 0 Å². The highest BCUT2D eigenvalue weighted by molar-refractivity contribution is 6.04. The molecule has 8 N–H and O–H groups in total.